The predicted octanol–water partition coefficient (Wildman–Crippen LogP) is 1.78. The summed E-state index contributed by atoms with van der Waals surface area (Å²) in [4.78, 5) is 17.1. The van der Waals surface area contributed by atoms with E-state index in [1.807, 2.05) is 24.1 Å². The van der Waals surface area contributed by atoms with E-state index in [0.29, 0.717) is 12.5 Å². The molecule has 1 amide bonds. The summed E-state index contributed by atoms with van der Waals surface area (Å²) in [5.74, 6) is 0.211. The van der Waals surface area contributed by atoms with Crippen LogP contribution in [0.4, 0.5) is 0 Å². The van der Waals surface area contributed by atoms with Crippen LogP contribution in [0.3, 0.4) is 0 Å². The molecule has 1 aliphatic carbocycles. The topological polar surface area (TPSA) is 48.7 Å². The van der Waals surface area contributed by atoms with E-state index in [9.17, 15) is 9.90 Å². The highest BCUT2D eigenvalue weighted by molar-refractivity contribution is 5.89. The van der Waals surface area contributed by atoms with E-state index in [4.69, 9.17) is 0 Å². The van der Waals surface area contributed by atoms with Crippen LogP contribution >= 0.6 is 0 Å². The summed E-state index contributed by atoms with van der Waals surface area (Å²) in [5.41, 5.74) is 2.28. The van der Waals surface area contributed by atoms with Crippen molar-refractivity contribution < 1.29 is 9.90 Å². The molecule has 1 aromatic carbocycles. The number of aliphatic hydroxyl groups is 1. The highest BCUT2D eigenvalue weighted by Gasteiger charge is 2.33. The van der Waals surface area contributed by atoms with Crippen LogP contribution in [0.5, 0.6) is 0 Å². The molecule has 0 spiro atoms. The second kappa shape index (κ2) is 6.81. The third kappa shape index (κ3) is 3.18. The molecule has 25 heavy (non-hydrogen) atoms. The van der Waals surface area contributed by atoms with Crippen LogP contribution in [0.2, 0.25) is 0 Å². The van der Waals surface area contributed by atoms with E-state index in [1.54, 1.807) is 0 Å². The molecule has 0 bridgehead atoms. The van der Waals surface area contributed by atoms with E-state index >= 15 is 0 Å². The fraction of sp³-hybridized carbons (Fsp3) is 0.550. The van der Waals surface area contributed by atoms with E-state index in [-0.39, 0.29) is 12.0 Å². The van der Waals surface area contributed by atoms with Gasteiger partial charge in [-0.2, -0.15) is 0 Å². The molecule has 4 rings (SSSR count). The average molecular weight is 341 g/mol. The first-order chi connectivity index (χ1) is 12.1. The number of piperazine rings is 1. The minimum absolute atomic E-state index is 0.182. The smallest absolute Gasteiger partial charge is 0.227 e. The zero-order chi connectivity index (χ0) is 17.4. The third-order valence-corrected chi connectivity index (χ3v) is 5.90. The van der Waals surface area contributed by atoms with Gasteiger partial charge in [-0.15, -0.1) is 0 Å². The molecule has 1 aromatic heterocycles. The number of aryl methyl sites for hydroxylation is 1. The predicted molar refractivity (Wildman–Crippen MR) is 98.4 cm³/mol. The number of carbonyl (C=O) groups is 1. The van der Waals surface area contributed by atoms with Crippen molar-refractivity contribution in [2.24, 2.45) is 7.05 Å². The van der Waals surface area contributed by atoms with Gasteiger partial charge >= 0.3 is 0 Å². The lowest BCUT2D eigenvalue weighted by molar-refractivity contribution is -0.132. The minimum atomic E-state index is -0.182. The first-order valence-electron chi connectivity index (χ1n) is 9.36. The number of hydrogen-bond acceptors (Lipinski definition) is 3. The quantitative estimate of drug-likeness (QED) is 0.926. The number of nitrogens with zero attached hydrogens (tertiary/aromatic N) is 3. The molecule has 0 unspecified atom stereocenters. The Balaban J connectivity index is 1.39. The van der Waals surface area contributed by atoms with Crippen LogP contribution in [-0.2, 0) is 18.3 Å². The fourth-order valence-corrected chi connectivity index (χ4v) is 4.49. The molecule has 2 fully saturated rings. The maximum atomic E-state index is 12.8. The van der Waals surface area contributed by atoms with Crippen molar-refractivity contribution in [1.82, 2.24) is 14.4 Å². The lowest BCUT2D eigenvalue weighted by Crippen LogP contribution is -2.53. The van der Waals surface area contributed by atoms with Gasteiger partial charge in [0.2, 0.25) is 5.91 Å². The van der Waals surface area contributed by atoms with Gasteiger partial charge in [0.1, 0.15) is 0 Å². The van der Waals surface area contributed by atoms with Crippen molar-refractivity contribution in [2.75, 3.05) is 26.2 Å². The zero-order valence-corrected chi connectivity index (χ0v) is 14.9. The van der Waals surface area contributed by atoms with Crippen molar-refractivity contribution >= 4 is 16.8 Å². The van der Waals surface area contributed by atoms with Crippen LogP contribution in [0.1, 0.15) is 24.8 Å². The van der Waals surface area contributed by atoms with Crippen LogP contribution in [0, 0.1) is 0 Å². The first-order valence-corrected chi connectivity index (χ1v) is 9.36. The Bertz CT molecular complexity index is 761. The molecule has 2 aliphatic rings. The standard InChI is InChI=1S/C20H27N3O2/c1-21-14-15(16-5-2-3-6-17(16)21)13-20(25)23-11-9-22(10-12-23)18-7-4-8-19(18)24/h2-3,5-6,14,18-19,24H,4,7-13H2,1H3/t18-,19+/m0/s1. The Morgan fingerprint density at radius 2 is 1.92 bits per heavy atom. The first kappa shape index (κ1) is 16.6. The van der Waals surface area contributed by atoms with Crippen molar-refractivity contribution in [1.29, 1.82) is 0 Å². The third-order valence-electron chi connectivity index (χ3n) is 5.90. The normalized spacial score (nSPS) is 25.0. The average Bonchev–Trinajstić information content (AvgIpc) is 3.19. The molecule has 2 aromatic rings. The Morgan fingerprint density at radius 1 is 1.16 bits per heavy atom. The molecule has 1 saturated carbocycles. The lowest BCUT2D eigenvalue weighted by atomic mass is 10.1. The maximum Gasteiger partial charge on any atom is 0.227 e. The molecule has 0 radical (unpaired) electrons. The Hall–Kier alpha value is -1.85. The molecule has 134 valence electrons. The molecular weight excluding hydrogens is 314 g/mol. The van der Waals surface area contributed by atoms with Gasteiger partial charge in [0.25, 0.3) is 0 Å². The van der Waals surface area contributed by atoms with Gasteiger partial charge in [0, 0.05) is 56.4 Å². The molecule has 1 N–H and O–H groups in total. The van der Waals surface area contributed by atoms with Crippen molar-refractivity contribution in [3.8, 4) is 0 Å². The van der Waals surface area contributed by atoms with Crippen LogP contribution in [0.25, 0.3) is 10.9 Å². The number of carbonyl (C=O) groups excluding carboxylic acids is 1. The second-order valence-corrected chi connectivity index (χ2v) is 7.44. The summed E-state index contributed by atoms with van der Waals surface area (Å²) in [6.07, 6.45) is 5.49. The molecule has 2 atom stereocenters. The summed E-state index contributed by atoms with van der Waals surface area (Å²) in [6.45, 7) is 3.30. The van der Waals surface area contributed by atoms with Crippen molar-refractivity contribution in [3.05, 3.63) is 36.0 Å². The van der Waals surface area contributed by atoms with Gasteiger partial charge in [-0.1, -0.05) is 18.2 Å². The summed E-state index contributed by atoms with van der Waals surface area (Å²) in [7, 11) is 2.03. The van der Waals surface area contributed by atoms with Gasteiger partial charge in [-0.3, -0.25) is 9.69 Å². The number of aromatic nitrogens is 1. The SMILES string of the molecule is Cn1cc(CC(=O)N2CCN([C@H]3CCC[C@H]3O)CC2)c2ccccc21. The number of aliphatic hydroxyl groups excluding tert-OH is 1. The number of hydrogen-bond donors (Lipinski definition) is 1. The summed E-state index contributed by atoms with van der Waals surface area (Å²) in [6, 6.07) is 8.55. The Labute approximate surface area is 148 Å². The molecule has 2 heterocycles. The molecule has 5 nitrogen and oxygen atoms in total. The Kier molecular flexibility index (Phi) is 4.52. The van der Waals surface area contributed by atoms with Gasteiger partial charge in [0.05, 0.1) is 12.5 Å². The summed E-state index contributed by atoms with van der Waals surface area (Å²) in [5, 5.41) is 11.3. The zero-order valence-electron chi connectivity index (χ0n) is 14.9. The monoisotopic (exact) mass is 341 g/mol. The number of benzene rings is 1. The fourth-order valence-electron chi connectivity index (χ4n) is 4.49. The van der Waals surface area contributed by atoms with Gasteiger partial charge in [-0.05, 0) is 30.9 Å². The highest BCUT2D eigenvalue weighted by atomic mass is 16.3. The van der Waals surface area contributed by atoms with E-state index in [1.165, 1.54) is 10.9 Å². The minimum Gasteiger partial charge on any atom is -0.391 e. The van der Waals surface area contributed by atoms with E-state index in [0.717, 1.165) is 51.0 Å². The largest absolute Gasteiger partial charge is 0.391 e. The summed E-state index contributed by atoms with van der Waals surface area (Å²) >= 11 is 0. The Morgan fingerprint density at radius 3 is 2.64 bits per heavy atom. The molecule has 1 aliphatic heterocycles. The second-order valence-electron chi connectivity index (χ2n) is 7.44. The number of fused-ring (bicyclic) bond motifs is 1. The highest BCUT2D eigenvalue weighted by Crippen LogP contribution is 2.25. The van der Waals surface area contributed by atoms with Crippen molar-refractivity contribution in [3.63, 3.8) is 0 Å². The molecule has 1 saturated heterocycles. The van der Waals surface area contributed by atoms with E-state index < -0.39 is 0 Å². The van der Waals surface area contributed by atoms with Crippen molar-refractivity contribution in [2.45, 2.75) is 37.8 Å². The number of amides is 1. The van der Waals surface area contributed by atoms with E-state index in [2.05, 4.69) is 27.8 Å². The summed E-state index contributed by atoms with van der Waals surface area (Å²) < 4.78 is 2.09. The van der Waals surface area contributed by atoms with Crippen LogP contribution < -0.4 is 0 Å². The lowest BCUT2D eigenvalue weighted by Gasteiger charge is -2.39. The number of para-hydroxylation sites is 1. The van der Waals surface area contributed by atoms with Gasteiger partial charge in [0.15, 0.2) is 0 Å². The maximum absolute atomic E-state index is 12.8. The van der Waals surface area contributed by atoms with Crippen LogP contribution in [0.15, 0.2) is 30.5 Å². The van der Waals surface area contributed by atoms with Gasteiger partial charge in [-0.25, -0.2) is 0 Å². The number of rotatable bonds is 3. The molecule has 5 heteroatoms. The molecular formula is C20H27N3O2. The van der Waals surface area contributed by atoms with Gasteiger partial charge < -0.3 is 14.6 Å². The van der Waals surface area contributed by atoms with Crippen LogP contribution in [-0.4, -0.2) is 63.7 Å².